The molecule has 0 saturated heterocycles. The van der Waals surface area contributed by atoms with Crippen LogP contribution in [-0.2, 0) is 9.59 Å². The van der Waals surface area contributed by atoms with Crippen LogP contribution in [0.2, 0.25) is 0 Å². The predicted octanol–water partition coefficient (Wildman–Crippen LogP) is 4.19. The van der Waals surface area contributed by atoms with Crippen LogP contribution in [0, 0.1) is 24.6 Å². The number of amides is 2. The maximum absolute atomic E-state index is 12.9. The van der Waals surface area contributed by atoms with Crippen LogP contribution in [0.5, 0.6) is 0 Å². The van der Waals surface area contributed by atoms with E-state index in [2.05, 4.69) is 35.4 Å². The smallest absolute Gasteiger partial charge is 0.228 e. The Hall–Kier alpha value is -2.89. The molecule has 3 rings (SSSR count). The van der Waals surface area contributed by atoms with Crippen molar-refractivity contribution in [3.05, 3.63) is 53.8 Å². The Bertz CT molecular complexity index is 863. The first-order chi connectivity index (χ1) is 13.4. The molecule has 1 aliphatic carbocycles. The number of anilines is 3. The van der Waals surface area contributed by atoms with E-state index >= 15 is 0 Å². The summed E-state index contributed by atoms with van der Waals surface area (Å²) < 4.78 is 12.9. The van der Waals surface area contributed by atoms with Crippen molar-refractivity contribution in [2.45, 2.75) is 27.2 Å². The molecule has 1 fully saturated rings. The highest BCUT2D eigenvalue weighted by Gasteiger charge is 2.48. The Labute approximate surface area is 164 Å². The SMILES string of the molecule is CCN(CC)c1ccc(NC(=O)C2CC2C(=O)Nc2ccc(F)cc2)c(C)c1. The zero-order valence-electron chi connectivity index (χ0n) is 16.5. The third-order valence-corrected chi connectivity index (χ3v) is 5.17. The summed E-state index contributed by atoms with van der Waals surface area (Å²) in [4.78, 5) is 27.1. The number of nitrogens with one attached hydrogen (secondary N) is 2. The molecule has 0 bridgehead atoms. The first kappa shape index (κ1) is 19.9. The van der Waals surface area contributed by atoms with Gasteiger partial charge in [0.05, 0.1) is 11.8 Å². The van der Waals surface area contributed by atoms with Gasteiger partial charge in [0.25, 0.3) is 0 Å². The molecule has 2 amide bonds. The van der Waals surface area contributed by atoms with Gasteiger partial charge in [-0.25, -0.2) is 4.39 Å². The summed E-state index contributed by atoms with van der Waals surface area (Å²) in [5, 5.41) is 5.68. The van der Waals surface area contributed by atoms with Crippen LogP contribution in [0.15, 0.2) is 42.5 Å². The number of benzene rings is 2. The number of carbonyl (C=O) groups is 2. The first-order valence-electron chi connectivity index (χ1n) is 9.65. The lowest BCUT2D eigenvalue weighted by molar-refractivity contribution is -0.122. The third kappa shape index (κ3) is 4.50. The maximum atomic E-state index is 12.9. The van der Waals surface area contributed by atoms with Crippen LogP contribution in [0.25, 0.3) is 0 Å². The number of hydrogen-bond donors (Lipinski definition) is 2. The molecule has 2 aromatic carbocycles. The van der Waals surface area contributed by atoms with Crippen molar-refractivity contribution in [1.82, 2.24) is 0 Å². The van der Waals surface area contributed by atoms with E-state index in [4.69, 9.17) is 0 Å². The van der Waals surface area contributed by atoms with E-state index in [0.29, 0.717) is 12.1 Å². The van der Waals surface area contributed by atoms with Gasteiger partial charge in [-0.1, -0.05) is 0 Å². The molecule has 6 heteroatoms. The normalized spacial score (nSPS) is 17.7. The second kappa shape index (κ2) is 8.42. The predicted molar refractivity (Wildman–Crippen MR) is 110 cm³/mol. The standard InChI is InChI=1S/C22H26FN3O2/c1-4-26(5-2)17-10-11-20(14(3)12-17)25-22(28)19-13-18(19)21(27)24-16-8-6-15(23)7-9-16/h6-12,18-19H,4-5,13H2,1-3H3,(H,24,27)(H,25,28). The van der Waals surface area contributed by atoms with Crippen molar-refractivity contribution >= 4 is 28.9 Å². The van der Waals surface area contributed by atoms with Crippen molar-refractivity contribution < 1.29 is 14.0 Å². The van der Waals surface area contributed by atoms with Crippen LogP contribution < -0.4 is 15.5 Å². The number of halogens is 1. The van der Waals surface area contributed by atoms with E-state index in [1.807, 2.05) is 19.1 Å². The van der Waals surface area contributed by atoms with Gasteiger partial charge in [0.2, 0.25) is 11.8 Å². The number of rotatable bonds is 7. The van der Waals surface area contributed by atoms with Crippen molar-refractivity contribution in [3.8, 4) is 0 Å². The van der Waals surface area contributed by atoms with Crippen LogP contribution >= 0.6 is 0 Å². The number of nitrogens with zero attached hydrogens (tertiary/aromatic N) is 1. The summed E-state index contributed by atoms with van der Waals surface area (Å²) in [6, 6.07) is 11.6. The highest BCUT2D eigenvalue weighted by atomic mass is 19.1. The molecule has 0 aliphatic heterocycles. The number of aryl methyl sites for hydroxylation is 1. The summed E-state index contributed by atoms with van der Waals surface area (Å²) in [7, 11) is 0. The largest absolute Gasteiger partial charge is 0.372 e. The highest BCUT2D eigenvalue weighted by molar-refractivity contribution is 6.03. The molecule has 5 nitrogen and oxygen atoms in total. The average molecular weight is 383 g/mol. The summed E-state index contributed by atoms with van der Waals surface area (Å²) >= 11 is 0. The molecule has 28 heavy (non-hydrogen) atoms. The van der Waals surface area contributed by atoms with Gasteiger partial charge in [0.1, 0.15) is 5.82 Å². The van der Waals surface area contributed by atoms with E-state index in [9.17, 15) is 14.0 Å². The van der Waals surface area contributed by atoms with Crippen LogP contribution in [-0.4, -0.2) is 24.9 Å². The fourth-order valence-corrected chi connectivity index (χ4v) is 3.34. The minimum Gasteiger partial charge on any atom is -0.372 e. The minimum absolute atomic E-state index is 0.141. The summed E-state index contributed by atoms with van der Waals surface area (Å²) in [6.45, 7) is 8.04. The summed E-state index contributed by atoms with van der Waals surface area (Å²) in [5.41, 5.74) is 3.42. The van der Waals surface area contributed by atoms with Gasteiger partial charge in [-0.05, 0) is 75.2 Å². The van der Waals surface area contributed by atoms with Gasteiger partial charge in [-0.3, -0.25) is 9.59 Å². The molecule has 1 aliphatic rings. The zero-order chi connectivity index (χ0) is 20.3. The molecule has 2 atom stereocenters. The van der Waals surface area contributed by atoms with Crippen LogP contribution in [0.4, 0.5) is 21.5 Å². The lowest BCUT2D eigenvalue weighted by Gasteiger charge is -2.22. The Kier molecular flexibility index (Phi) is 5.97. The first-order valence-corrected chi connectivity index (χ1v) is 9.65. The van der Waals surface area contributed by atoms with Gasteiger partial charge in [0, 0.05) is 30.2 Å². The van der Waals surface area contributed by atoms with Crippen molar-refractivity contribution in [2.24, 2.45) is 11.8 Å². The number of hydrogen-bond acceptors (Lipinski definition) is 3. The van der Waals surface area contributed by atoms with Crippen LogP contribution in [0.3, 0.4) is 0 Å². The van der Waals surface area contributed by atoms with Gasteiger partial charge in [0.15, 0.2) is 0 Å². The van der Waals surface area contributed by atoms with E-state index in [1.165, 1.54) is 24.3 Å². The molecule has 148 valence electrons. The van der Waals surface area contributed by atoms with Gasteiger partial charge in [-0.15, -0.1) is 0 Å². The summed E-state index contributed by atoms with van der Waals surface area (Å²) in [5.74, 6) is -1.38. The topological polar surface area (TPSA) is 61.4 Å². The van der Waals surface area contributed by atoms with Crippen LogP contribution in [0.1, 0.15) is 25.8 Å². The molecule has 0 spiro atoms. The highest BCUT2D eigenvalue weighted by Crippen LogP contribution is 2.40. The molecule has 0 heterocycles. The fourth-order valence-electron chi connectivity index (χ4n) is 3.34. The molecule has 0 radical (unpaired) electrons. The fraction of sp³-hybridized carbons (Fsp3) is 0.364. The second-order valence-electron chi connectivity index (χ2n) is 7.11. The minimum atomic E-state index is -0.357. The maximum Gasteiger partial charge on any atom is 0.228 e. The van der Waals surface area contributed by atoms with Gasteiger partial charge >= 0.3 is 0 Å². The Morgan fingerprint density at radius 3 is 2.18 bits per heavy atom. The molecule has 2 N–H and O–H groups in total. The Balaban J connectivity index is 1.57. The lowest BCUT2D eigenvalue weighted by atomic mass is 10.1. The monoisotopic (exact) mass is 383 g/mol. The average Bonchev–Trinajstić information content (AvgIpc) is 3.48. The van der Waals surface area contributed by atoms with Gasteiger partial charge in [-0.2, -0.15) is 0 Å². The quantitative estimate of drug-likeness (QED) is 0.754. The van der Waals surface area contributed by atoms with Crippen molar-refractivity contribution in [1.29, 1.82) is 0 Å². The van der Waals surface area contributed by atoms with Crippen molar-refractivity contribution in [2.75, 3.05) is 28.6 Å². The summed E-state index contributed by atoms with van der Waals surface area (Å²) in [6.07, 6.45) is 0.523. The molecule has 1 saturated carbocycles. The second-order valence-corrected chi connectivity index (χ2v) is 7.11. The Morgan fingerprint density at radius 1 is 1.00 bits per heavy atom. The molecular formula is C22H26FN3O2. The molecule has 2 aromatic rings. The van der Waals surface area contributed by atoms with Crippen molar-refractivity contribution in [3.63, 3.8) is 0 Å². The third-order valence-electron chi connectivity index (χ3n) is 5.17. The molecular weight excluding hydrogens is 357 g/mol. The lowest BCUT2D eigenvalue weighted by Crippen LogP contribution is -2.22. The van der Waals surface area contributed by atoms with E-state index in [-0.39, 0.29) is 29.5 Å². The molecule has 0 aromatic heterocycles. The van der Waals surface area contributed by atoms with E-state index in [1.54, 1.807) is 0 Å². The van der Waals surface area contributed by atoms with E-state index < -0.39 is 0 Å². The molecule has 2 unspecified atom stereocenters. The zero-order valence-corrected chi connectivity index (χ0v) is 16.5. The Morgan fingerprint density at radius 2 is 1.61 bits per heavy atom. The number of carbonyl (C=O) groups excluding carboxylic acids is 2. The van der Waals surface area contributed by atoms with Gasteiger partial charge < -0.3 is 15.5 Å². The van der Waals surface area contributed by atoms with E-state index in [0.717, 1.165) is 30.0 Å².